The summed E-state index contributed by atoms with van der Waals surface area (Å²) in [6.45, 7) is 7.10. The fourth-order valence-electron chi connectivity index (χ4n) is 3.12. The molecule has 0 amide bonds. The van der Waals surface area contributed by atoms with Crippen molar-refractivity contribution in [3.8, 4) is 0 Å². The topological polar surface area (TPSA) is 96.0 Å². The zero-order valence-corrected chi connectivity index (χ0v) is 26.5. The molecule has 0 saturated carbocycles. The minimum Gasteiger partial charge on any atom is -0.186 e. The first-order valence-corrected chi connectivity index (χ1v) is 18.9. The molecule has 2 fully saturated rings. The van der Waals surface area contributed by atoms with Crippen LogP contribution in [0.15, 0.2) is 60.7 Å². The third-order valence-electron chi connectivity index (χ3n) is 5.16. The molecular formula is C24H34N2O8Sn2. The Morgan fingerprint density at radius 3 is 1.81 bits per heavy atom. The van der Waals surface area contributed by atoms with E-state index >= 15 is 0 Å². The first-order chi connectivity index (χ1) is 17.6. The summed E-state index contributed by atoms with van der Waals surface area (Å²) in [5, 5.41) is 0. The molecule has 2 saturated heterocycles. The van der Waals surface area contributed by atoms with Gasteiger partial charge in [-0.2, -0.15) is 9.59 Å². The molecule has 12 heteroatoms. The van der Waals surface area contributed by atoms with E-state index in [0.29, 0.717) is 19.8 Å². The molecule has 0 unspecified atom stereocenters. The van der Waals surface area contributed by atoms with Crippen LogP contribution in [0.5, 0.6) is 0 Å². The van der Waals surface area contributed by atoms with E-state index in [-0.39, 0.29) is 6.15 Å². The van der Waals surface area contributed by atoms with Crippen LogP contribution in [0.25, 0.3) is 0 Å². The molecule has 4 rings (SSSR count). The van der Waals surface area contributed by atoms with E-state index in [9.17, 15) is 0 Å². The number of benzene rings is 2. The van der Waals surface area contributed by atoms with E-state index in [0.717, 1.165) is 48.5 Å². The van der Waals surface area contributed by atoms with Crippen molar-refractivity contribution in [1.29, 1.82) is 0 Å². The minimum atomic E-state index is -3.96. The third-order valence-corrected chi connectivity index (χ3v) is 14.3. The van der Waals surface area contributed by atoms with Crippen molar-refractivity contribution in [2.45, 2.75) is 6.61 Å². The van der Waals surface area contributed by atoms with Crippen LogP contribution >= 0.6 is 0 Å². The van der Waals surface area contributed by atoms with Crippen molar-refractivity contribution in [3.63, 3.8) is 0 Å². The smallest absolute Gasteiger partial charge is 0.186 e. The summed E-state index contributed by atoms with van der Waals surface area (Å²) < 4.78 is 29.7. The summed E-state index contributed by atoms with van der Waals surface area (Å²) in [7, 11) is 4.15. The van der Waals surface area contributed by atoms with Crippen LogP contribution in [0.2, 0.25) is 0 Å². The number of carbonyl (C=O) groups excluding carboxylic acids is 2. The Balaban J connectivity index is 0.000000316. The molecular weight excluding hydrogens is 682 g/mol. The second kappa shape index (κ2) is 19.2. The average molecular weight is 716 g/mol. The molecule has 0 aromatic heterocycles. The molecule has 0 aliphatic carbocycles. The Labute approximate surface area is 229 Å². The van der Waals surface area contributed by atoms with E-state index in [1.807, 2.05) is 60.7 Å². The Morgan fingerprint density at radius 2 is 1.28 bits per heavy atom. The van der Waals surface area contributed by atoms with Crippen LogP contribution in [0.1, 0.15) is 5.56 Å². The van der Waals surface area contributed by atoms with Crippen LogP contribution in [-0.4, -0.2) is 124 Å². The number of nitrogens with zero attached hydrogens (tertiary/aromatic N) is 2. The van der Waals surface area contributed by atoms with Gasteiger partial charge in [0.15, 0.2) is 0 Å². The Morgan fingerprint density at radius 1 is 0.806 bits per heavy atom. The van der Waals surface area contributed by atoms with Gasteiger partial charge < -0.3 is 0 Å². The molecule has 0 atom stereocenters. The zero-order valence-electron chi connectivity index (χ0n) is 20.8. The second-order valence-electron chi connectivity index (χ2n) is 7.92. The van der Waals surface area contributed by atoms with Gasteiger partial charge in [0.1, 0.15) is 0 Å². The van der Waals surface area contributed by atoms with E-state index in [1.165, 1.54) is 0 Å². The maximum absolute atomic E-state index is 8.12. The number of rotatable bonds is 5. The Kier molecular flexibility index (Phi) is 16.7. The predicted octanol–water partition coefficient (Wildman–Crippen LogP) is 0.875. The fraction of sp³-hybridized carbons (Fsp3) is 0.458. The Hall–Kier alpha value is -0.903. The first-order valence-electron chi connectivity index (χ1n) is 11.6. The molecule has 0 bridgehead atoms. The van der Waals surface area contributed by atoms with Crippen LogP contribution < -0.4 is 3.58 Å². The van der Waals surface area contributed by atoms with Crippen molar-refractivity contribution in [1.82, 2.24) is 9.80 Å². The van der Waals surface area contributed by atoms with Gasteiger partial charge in [-0.1, -0.05) is 0 Å². The van der Waals surface area contributed by atoms with E-state index in [2.05, 4.69) is 23.9 Å². The minimum absolute atomic E-state index is 0.250. The van der Waals surface area contributed by atoms with E-state index in [4.69, 9.17) is 30.0 Å². The van der Waals surface area contributed by atoms with Gasteiger partial charge in [-0.25, -0.2) is 0 Å². The Bertz CT molecular complexity index is 842. The maximum Gasteiger partial charge on any atom is 0.373 e. The van der Waals surface area contributed by atoms with Gasteiger partial charge in [-0.15, -0.1) is 0 Å². The molecule has 0 spiro atoms. The zero-order chi connectivity index (χ0) is 25.9. The van der Waals surface area contributed by atoms with Gasteiger partial charge in [0.2, 0.25) is 0 Å². The number of hydrogen-bond donors (Lipinski definition) is 0. The van der Waals surface area contributed by atoms with Crippen LogP contribution in [0, 0.1) is 0 Å². The van der Waals surface area contributed by atoms with Crippen molar-refractivity contribution in [2.24, 2.45) is 0 Å². The summed E-state index contributed by atoms with van der Waals surface area (Å²) in [6, 6.07) is 19.9. The standard InChI is InChI=1S/C7H8O2.C6H5.2C5H11NO2.CO2.2Sn/c8-9-6-7-4-2-1-3-5-7;1-2-4-6-5-3-1;2*1-6(2-4-7)3-5-8;2-1-3;;/h1-5,8H,6H2;1-5H;2*2-5H2,1H3;;;/q;;2*-2;;+2;+3/p-1. The van der Waals surface area contributed by atoms with Gasteiger partial charge in [-0.05, 0) is 0 Å². The molecule has 36 heavy (non-hydrogen) atoms. The third kappa shape index (κ3) is 12.6. The van der Waals surface area contributed by atoms with Crippen molar-refractivity contribution < 1.29 is 30.0 Å². The van der Waals surface area contributed by atoms with Crippen LogP contribution in [-0.2, 0) is 36.6 Å². The number of likely N-dealkylation sites (N-methyl/N-ethyl adjacent to an activating group) is 2. The normalized spacial score (nSPS) is 18.9. The maximum atomic E-state index is 8.12. The SMILES string of the molecule is CN1CC[O][Sn]([O]OCc2ccccc2)([c]2ccccc2)[O]CC1.CN1CC[O][Sn][O]CC1.O=C=O. The summed E-state index contributed by atoms with van der Waals surface area (Å²) in [6.07, 6.45) is 0.250. The number of hydrogen-bond acceptors (Lipinski definition) is 10. The van der Waals surface area contributed by atoms with E-state index in [1.54, 1.807) is 0 Å². The molecule has 2 aliphatic heterocycles. The summed E-state index contributed by atoms with van der Waals surface area (Å²) in [5.74, 6) is 0. The van der Waals surface area contributed by atoms with Gasteiger partial charge in [-0.3, -0.25) is 0 Å². The molecule has 2 aromatic rings. The fourth-order valence-corrected chi connectivity index (χ4v) is 10.5. The predicted molar refractivity (Wildman–Crippen MR) is 134 cm³/mol. The summed E-state index contributed by atoms with van der Waals surface area (Å²) >= 11 is -4.80. The van der Waals surface area contributed by atoms with Crippen LogP contribution in [0.3, 0.4) is 0 Å². The molecule has 2 heterocycles. The van der Waals surface area contributed by atoms with E-state index < -0.39 is 41.6 Å². The molecule has 2 radical (unpaired) electrons. The first kappa shape index (κ1) is 31.3. The largest absolute Gasteiger partial charge is 0.373 e. The summed E-state index contributed by atoms with van der Waals surface area (Å²) in [5.41, 5.74) is 1.05. The average Bonchev–Trinajstić information content (AvgIpc) is 2.87. The van der Waals surface area contributed by atoms with Crippen molar-refractivity contribution >= 4 is 51.3 Å². The van der Waals surface area contributed by atoms with Gasteiger partial charge >= 0.3 is 221 Å². The van der Waals surface area contributed by atoms with Gasteiger partial charge in [0.05, 0.1) is 0 Å². The van der Waals surface area contributed by atoms with Crippen molar-refractivity contribution in [2.75, 3.05) is 66.7 Å². The molecule has 2 aliphatic rings. The van der Waals surface area contributed by atoms with Crippen molar-refractivity contribution in [3.05, 3.63) is 66.2 Å². The van der Waals surface area contributed by atoms with Crippen LogP contribution in [0.4, 0.5) is 0 Å². The molecule has 196 valence electrons. The summed E-state index contributed by atoms with van der Waals surface area (Å²) in [4.78, 5) is 26.2. The molecule has 2 aromatic carbocycles. The second-order valence-corrected chi connectivity index (χ2v) is 17.0. The monoisotopic (exact) mass is 718 g/mol. The van der Waals surface area contributed by atoms with Gasteiger partial charge in [0, 0.05) is 0 Å². The quantitative estimate of drug-likeness (QED) is 0.252. The molecule has 0 N–H and O–H groups in total. The van der Waals surface area contributed by atoms with Gasteiger partial charge in [0.25, 0.3) is 0 Å². The molecule has 10 nitrogen and oxygen atoms in total.